The Balaban J connectivity index is 2.03. The number of ether oxygens (including phenoxy) is 1. The Labute approximate surface area is 106 Å². The summed E-state index contributed by atoms with van der Waals surface area (Å²) in [7, 11) is 0. The van der Waals surface area contributed by atoms with Gasteiger partial charge in [0.2, 0.25) is 0 Å². The highest BCUT2D eigenvalue weighted by atomic mass is 32.2. The van der Waals surface area contributed by atoms with E-state index in [0.29, 0.717) is 6.61 Å². The standard InChI is InChI=1S/C13H17NO2S/c1-2-16-11-5-3-10(4-6-11)13(15)12-9-17-8-7-14-12/h3-6,12,14H,2,7-9H2,1H3. The van der Waals surface area contributed by atoms with E-state index >= 15 is 0 Å². The smallest absolute Gasteiger partial charge is 0.180 e. The van der Waals surface area contributed by atoms with Crippen LogP contribution in [0.2, 0.25) is 0 Å². The molecule has 17 heavy (non-hydrogen) atoms. The van der Waals surface area contributed by atoms with Crippen LogP contribution in [0, 0.1) is 0 Å². The molecule has 1 aliphatic rings. The van der Waals surface area contributed by atoms with Gasteiger partial charge < -0.3 is 10.1 Å². The van der Waals surface area contributed by atoms with Gasteiger partial charge in [0.1, 0.15) is 5.75 Å². The Kier molecular flexibility index (Phi) is 4.45. The second kappa shape index (κ2) is 6.07. The first kappa shape index (κ1) is 12.5. The Morgan fingerprint density at radius 3 is 2.82 bits per heavy atom. The molecule has 0 bridgehead atoms. The van der Waals surface area contributed by atoms with E-state index in [1.165, 1.54) is 0 Å². The molecule has 1 aromatic rings. The van der Waals surface area contributed by atoms with Crippen LogP contribution in [0.5, 0.6) is 5.75 Å². The molecular weight excluding hydrogens is 234 g/mol. The summed E-state index contributed by atoms with van der Waals surface area (Å²) in [4.78, 5) is 12.2. The number of carbonyl (C=O) groups is 1. The average Bonchev–Trinajstić information content (AvgIpc) is 2.40. The highest BCUT2D eigenvalue weighted by molar-refractivity contribution is 7.99. The van der Waals surface area contributed by atoms with Gasteiger partial charge in [0.15, 0.2) is 5.78 Å². The number of hydrogen-bond acceptors (Lipinski definition) is 4. The quantitative estimate of drug-likeness (QED) is 0.830. The van der Waals surface area contributed by atoms with E-state index in [-0.39, 0.29) is 11.8 Å². The molecule has 1 N–H and O–H groups in total. The number of rotatable bonds is 4. The second-order valence-corrected chi connectivity index (χ2v) is 5.05. The maximum atomic E-state index is 12.2. The van der Waals surface area contributed by atoms with Crippen molar-refractivity contribution in [1.29, 1.82) is 0 Å². The summed E-state index contributed by atoms with van der Waals surface area (Å²) in [5.74, 6) is 2.95. The number of hydrogen-bond donors (Lipinski definition) is 1. The average molecular weight is 251 g/mol. The second-order valence-electron chi connectivity index (χ2n) is 3.90. The minimum Gasteiger partial charge on any atom is -0.494 e. The highest BCUT2D eigenvalue weighted by Gasteiger charge is 2.21. The summed E-state index contributed by atoms with van der Waals surface area (Å²) in [5, 5.41) is 3.26. The summed E-state index contributed by atoms with van der Waals surface area (Å²) in [6, 6.07) is 7.36. The molecule has 0 aromatic heterocycles. The molecule has 1 aromatic carbocycles. The van der Waals surface area contributed by atoms with Crippen LogP contribution in [0.4, 0.5) is 0 Å². The molecule has 2 rings (SSSR count). The van der Waals surface area contributed by atoms with Crippen molar-refractivity contribution < 1.29 is 9.53 Å². The lowest BCUT2D eigenvalue weighted by Gasteiger charge is -2.21. The fraction of sp³-hybridized carbons (Fsp3) is 0.462. The zero-order chi connectivity index (χ0) is 12.1. The van der Waals surface area contributed by atoms with Gasteiger partial charge >= 0.3 is 0 Å². The maximum absolute atomic E-state index is 12.2. The molecule has 0 aliphatic carbocycles. The van der Waals surface area contributed by atoms with Gasteiger partial charge in [-0.2, -0.15) is 11.8 Å². The lowest BCUT2D eigenvalue weighted by Crippen LogP contribution is -2.43. The lowest BCUT2D eigenvalue weighted by molar-refractivity contribution is 0.0953. The van der Waals surface area contributed by atoms with Gasteiger partial charge in [-0.3, -0.25) is 4.79 Å². The van der Waals surface area contributed by atoms with Crippen LogP contribution in [-0.2, 0) is 0 Å². The first-order valence-electron chi connectivity index (χ1n) is 5.89. The van der Waals surface area contributed by atoms with Crippen molar-refractivity contribution in [3.63, 3.8) is 0 Å². The van der Waals surface area contributed by atoms with Crippen LogP contribution in [-0.4, -0.2) is 36.5 Å². The van der Waals surface area contributed by atoms with Crippen molar-refractivity contribution >= 4 is 17.5 Å². The fourth-order valence-electron chi connectivity index (χ4n) is 1.82. The third-order valence-corrected chi connectivity index (χ3v) is 3.75. The van der Waals surface area contributed by atoms with E-state index in [1.54, 1.807) is 0 Å². The molecule has 1 saturated heterocycles. The lowest BCUT2D eigenvalue weighted by atomic mass is 10.1. The van der Waals surface area contributed by atoms with Crippen molar-refractivity contribution in [2.24, 2.45) is 0 Å². The summed E-state index contributed by atoms with van der Waals surface area (Å²) in [5.41, 5.74) is 0.758. The van der Waals surface area contributed by atoms with Crippen LogP contribution >= 0.6 is 11.8 Å². The zero-order valence-electron chi connectivity index (χ0n) is 9.94. The van der Waals surface area contributed by atoms with E-state index in [1.807, 2.05) is 43.0 Å². The van der Waals surface area contributed by atoms with Crippen LogP contribution in [0.15, 0.2) is 24.3 Å². The number of Topliss-reactive ketones (excluding diaryl/α,β-unsaturated/α-hetero) is 1. The van der Waals surface area contributed by atoms with Crippen molar-refractivity contribution in [2.45, 2.75) is 13.0 Å². The molecule has 4 heteroatoms. The minimum atomic E-state index is -0.0355. The van der Waals surface area contributed by atoms with E-state index in [9.17, 15) is 4.79 Å². The third-order valence-electron chi connectivity index (χ3n) is 2.69. The third kappa shape index (κ3) is 3.23. The van der Waals surface area contributed by atoms with E-state index in [0.717, 1.165) is 29.4 Å². The predicted octanol–water partition coefficient (Wildman–Crippen LogP) is 1.97. The number of thioether (sulfide) groups is 1. The molecule has 92 valence electrons. The molecule has 0 saturated carbocycles. The van der Waals surface area contributed by atoms with Crippen molar-refractivity contribution in [1.82, 2.24) is 5.32 Å². The van der Waals surface area contributed by atoms with Gasteiger partial charge in [0.05, 0.1) is 12.6 Å². The molecule has 1 atom stereocenters. The van der Waals surface area contributed by atoms with Gasteiger partial charge in [0.25, 0.3) is 0 Å². The first-order chi connectivity index (χ1) is 8.31. The molecule has 1 heterocycles. The Hall–Kier alpha value is -1.00. The Bertz CT molecular complexity index is 372. The van der Waals surface area contributed by atoms with E-state index < -0.39 is 0 Å². The summed E-state index contributed by atoms with van der Waals surface area (Å²) >= 11 is 1.83. The fourth-order valence-corrected chi connectivity index (χ4v) is 2.75. The van der Waals surface area contributed by atoms with Gasteiger partial charge in [-0.1, -0.05) is 0 Å². The minimum absolute atomic E-state index is 0.0355. The molecule has 0 radical (unpaired) electrons. The number of ketones is 1. The predicted molar refractivity (Wildman–Crippen MR) is 71.1 cm³/mol. The number of benzene rings is 1. The van der Waals surface area contributed by atoms with Crippen LogP contribution in [0.25, 0.3) is 0 Å². The molecule has 0 spiro atoms. The summed E-state index contributed by atoms with van der Waals surface area (Å²) in [6.07, 6.45) is 0. The van der Waals surface area contributed by atoms with Gasteiger partial charge in [-0.15, -0.1) is 0 Å². The summed E-state index contributed by atoms with van der Waals surface area (Å²) < 4.78 is 5.36. The monoisotopic (exact) mass is 251 g/mol. The number of carbonyl (C=O) groups excluding carboxylic acids is 1. The highest BCUT2D eigenvalue weighted by Crippen LogP contribution is 2.16. The van der Waals surface area contributed by atoms with E-state index in [4.69, 9.17) is 4.74 Å². The van der Waals surface area contributed by atoms with Crippen LogP contribution < -0.4 is 10.1 Å². The molecule has 0 amide bonds. The molecule has 1 aliphatic heterocycles. The van der Waals surface area contributed by atoms with Crippen LogP contribution in [0.1, 0.15) is 17.3 Å². The van der Waals surface area contributed by atoms with Gasteiger partial charge in [-0.05, 0) is 31.2 Å². The molecule has 3 nitrogen and oxygen atoms in total. The molecule has 1 fully saturated rings. The normalized spacial score (nSPS) is 19.9. The van der Waals surface area contributed by atoms with Crippen molar-refractivity contribution in [2.75, 3.05) is 24.7 Å². The summed E-state index contributed by atoms with van der Waals surface area (Å²) in [6.45, 7) is 3.51. The van der Waals surface area contributed by atoms with E-state index in [2.05, 4.69) is 5.32 Å². The van der Waals surface area contributed by atoms with Crippen molar-refractivity contribution in [3.8, 4) is 5.75 Å². The van der Waals surface area contributed by atoms with Gasteiger partial charge in [-0.25, -0.2) is 0 Å². The largest absolute Gasteiger partial charge is 0.494 e. The Morgan fingerprint density at radius 2 is 2.24 bits per heavy atom. The molecular formula is C13H17NO2S. The topological polar surface area (TPSA) is 38.3 Å². The molecule has 1 unspecified atom stereocenters. The van der Waals surface area contributed by atoms with Gasteiger partial charge in [0, 0.05) is 23.6 Å². The van der Waals surface area contributed by atoms with Crippen LogP contribution in [0.3, 0.4) is 0 Å². The number of nitrogens with one attached hydrogen (secondary N) is 1. The first-order valence-corrected chi connectivity index (χ1v) is 7.05. The SMILES string of the molecule is CCOc1ccc(C(=O)C2CSCCN2)cc1. The van der Waals surface area contributed by atoms with Crippen molar-refractivity contribution in [3.05, 3.63) is 29.8 Å². The zero-order valence-corrected chi connectivity index (χ0v) is 10.8. The Morgan fingerprint density at radius 1 is 1.47 bits per heavy atom. The maximum Gasteiger partial charge on any atom is 0.180 e.